The van der Waals surface area contributed by atoms with Crippen molar-refractivity contribution >= 4 is 17.9 Å². The molecule has 71 heavy (non-hydrogen) atoms. The minimum absolute atomic E-state index is 0.103. The van der Waals surface area contributed by atoms with Gasteiger partial charge in [-0.2, -0.15) is 0 Å². The summed E-state index contributed by atoms with van der Waals surface area (Å²) in [5.74, 6) is -0.973. The van der Waals surface area contributed by atoms with Crippen LogP contribution in [0.3, 0.4) is 0 Å². The second-order valence-corrected chi connectivity index (χ2v) is 19.2. The molecule has 0 radical (unpaired) electrons. The number of hydrogen-bond donors (Lipinski definition) is 0. The van der Waals surface area contributed by atoms with Crippen LogP contribution in [0.2, 0.25) is 0 Å². The highest BCUT2D eigenvalue weighted by atomic mass is 16.6. The summed E-state index contributed by atoms with van der Waals surface area (Å²) in [5.41, 5.74) is 0. The van der Waals surface area contributed by atoms with Crippen molar-refractivity contribution < 1.29 is 28.6 Å². The summed E-state index contributed by atoms with van der Waals surface area (Å²) in [4.78, 5) is 38.2. The van der Waals surface area contributed by atoms with Gasteiger partial charge in [0.2, 0.25) is 0 Å². The molecule has 0 aromatic heterocycles. The zero-order valence-corrected chi connectivity index (χ0v) is 46.2. The van der Waals surface area contributed by atoms with Crippen LogP contribution in [0.5, 0.6) is 0 Å². The largest absolute Gasteiger partial charge is 0.462 e. The Hall–Kier alpha value is -3.93. The van der Waals surface area contributed by atoms with Gasteiger partial charge in [0.1, 0.15) is 13.2 Å². The third kappa shape index (κ3) is 56.9. The van der Waals surface area contributed by atoms with E-state index in [-0.39, 0.29) is 37.5 Å². The normalized spacial score (nSPS) is 12.9. The van der Waals surface area contributed by atoms with Gasteiger partial charge >= 0.3 is 17.9 Å². The van der Waals surface area contributed by atoms with E-state index in [1.807, 2.05) is 0 Å². The number of hydrogen-bond acceptors (Lipinski definition) is 6. The standard InChI is InChI=1S/C65H108O6/c1-4-7-10-13-16-19-22-25-28-31-32-35-38-41-44-47-50-53-56-59-65(68)71-62(60-69-63(66)57-54-51-48-45-42-39-36-33-29-26-23-20-17-14-11-8-5-2)61-70-64(67)58-55-52-49-46-43-40-37-34-30-27-24-21-18-15-12-9-6-3/h8,11,16-21,25-30,36,39,45,48,62H,4-7,9-10,12-15,22-24,31-35,37-38,40-44,46-47,49-61H2,1-3H3/b11-8-,19-16-,20-17-,21-18-,28-25-,29-26-,30-27-,39-36-,48-45-/t62-/m1/s1. The van der Waals surface area contributed by atoms with E-state index >= 15 is 0 Å². The Bertz CT molecular complexity index is 1460. The van der Waals surface area contributed by atoms with Crippen LogP contribution in [-0.4, -0.2) is 37.2 Å². The highest BCUT2D eigenvalue weighted by molar-refractivity contribution is 5.71. The molecule has 0 saturated heterocycles. The number of allylic oxidation sites excluding steroid dienone is 18. The molecule has 0 aliphatic rings. The summed E-state index contributed by atoms with van der Waals surface area (Å²) in [5, 5.41) is 0. The lowest BCUT2D eigenvalue weighted by molar-refractivity contribution is -0.167. The molecule has 0 aromatic rings. The number of ether oxygens (including phenoxy) is 3. The van der Waals surface area contributed by atoms with Gasteiger partial charge in [0.25, 0.3) is 0 Å². The van der Waals surface area contributed by atoms with Crippen LogP contribution in [0.4, 0.5) is 0 Å². The van der Waals surface area contributed by atoms with Crippen molar-refractivity contribution in [1.82, 2.24) is 0 Å². The van der Waals surface area contributed by atoms with E-state index in [1.165, 1.54) is 122 Å². The molecule has 0 amide bonds. The van der Waals surface area contributed by atoms with Crippen molar-refractivity contribution in [3.63, 3.8) is 0 Å². The van der Waals surface area contributed by atoms with Crippen molar-refractivity contribution in [2.45, 2.75) is 271 Å². The van der Waals surface area contributed by atoms with Crippen LogP contribution in [0.1, 0.15) is 265 Å². The third-order valence-corrected chi connectivity index (χ3v) is 12.2. The first kappa shape index (κ1) is 67.1. The van der Waals surface area contributed by atoms with Gasteiger partial charge in [-0.25, -0.2) is 0 Å². The molecular weight excluding hydrogens is 877 g/mol. The lowest BCUT2D eigenvalue weighted by atomic mass is 10.1. The molecule has 1 atom stereocenters. The number of esters is 3. The second kappa shape index (κ2) is 58.6. The molecule has 6 heteroatoms. The summed E-state index contributed by atoms with van der Waals surface area (Å²) in [6, 6.07) is 0. The van der Waals surface area contributed by atoms with E-state index in [0.717, 1.165) is 96.3 Å². The van der Waals surface area contributed by atoms with Gasteiger partial charge in [-0.3, -0.25) is 14.4 Å². The smallest absolute Gasteiger partial charge is 0.306 e. The maximum absolute atomic E-state index is 12.9. The van der Waals surface area contributed by atoms with Crippen LogP contribution in [0.15, 0.2) is 109 Å². The van der Waals surface area contributed by atoms with E-state index in [4.69, 9.17) is 14.2 Å². The SMILES string of the molecule is CC/C=C\C/C=C\C/C=C\C/C=C\C/C=C\CCCC(=O)OC[C@H](COC(=O)CCCCCCCCC/C=C\C/C=C\CCCCC)OC(=O)CCCCCCCCCCC/C=C\C/C=C\CCCCC. The van der Waals surface area contributed by atoms with Crippen molar-refractivity contribution in [1.29, 1.82) is 0 Å². The molecule has 0 unspecified atom stereocenters. The predicted molar refractivity (Wildman–Crippen MR) is 307 cm³/mol. The summed E-state index contributed by atoms with van der Waals surface area (Å²) in [6.07, 6.45) is 79.3. The van der Waals surface area contributed by atoms with E-state index in [1.54, 1.807) is 0 Å². The summed E-state index contributed by atoms with van der Waals surface area (Å²) >= 11 is 0. The number of unbranched alkanes of at least 4 members (excludes halogenated alkanes) is 23. The van der Waals surface area contributed by atoms with Crippen molar-refractivity contribution in [2.75, 3.05) is 13.2 Å². The fourth-order valence-electron chi connectivity index (χ4n) is 7.83. The third-order valence-electron chi connectivity index (χ3n) is 12.2. The lowest BCUT2D eigenvalue weighted by Gasteiger charge is -2.18. The van der Waals surface area contributed by atoms with Crippen LogP contribution >= 0.6 is 0 Å². The van der Waals surface area contributed by atoms with Crippen molar-refractivity contribution in [3.05, 3.63) is 109 Å². The molecule has 0 fully saturated rings. The summed E-state index contributed by atoms with van der Waals surface area (Å²) < 4.78 is 16.8. The van der Waals surface area contributed by atoms with Gasteiger partial charge in [0.05, 0.1) is 0 Å². The second-order valence-electron chi connectivity index (χ2n) is 19.2. The van der Waals surface area contributed by atoms with Gasteiger partial charge in [-0.05, 0) is 122 Å². The Morgan fingerprint density at radius 1 is 0.296 bits per heavy atom. The molecule has 0 spiro atoms. The zero-order valence-electron chi connectivity index (χ0n) is 46.2. The zero-order chi connectivity index (χ0) is 51.4. The highest BCUT2D eigenvalue weighted by Crippen LogP contribution is 2.14. The monoisotopic (exact) mass is 985 g/mol. The van der Waals surface area contributed by atoms with Gasteiger partial charge in [0.15, 0.2) is 6.10 Å². The summed E-state index contributed by atoms with van der Waals surface area (Å²) in [7, 11) is 0. The van der Waals surface area contributed by atoms with Gasteiger partial charge < -0.3 is 14.2 Å². The Labute approximate surface area is 438 Å². The van der Waals surface area contributed by atoms with Crippen LogP contribution in [0, 0.1) is 0 Å². The predicted octanol–water partition coefficient (Wildman–Crippen LogP) is 19.9. The molecular formula is C65H108O6. The average Bonchev–Trinajstić information content (AvgIpc) is 3.37. The topological polar surface area (TPSA) is 78.9 Å². The molecule has 0 N–H and O–H groups in total. The van der Waals surface area contributed by atoms with Crippen LogP contribution in [0.25, 0.3) is 0 Å². The first-order chi connectivity index (χ1) is 35.0. The molecule has 0 heterocycles. The minimum Gasteiger partial charge on any atom is -0.462 e. The van der Waals surface area contributed by atoms with E-state index in [0.29, 0.717) is 19.3 Å². The number of rotatable bonds is 52. The van der Waals surface area contributed by atoms with Gasteiger partial charge in [-0.1, -0.05) is 233 Å². The minimum atomic E-state index is -0.809. The molecule has 0 saturated carbocycles. The maximum Gasteiger partial charge on any atom is 0.306 e. The fraction of sp³-hybridized carbons (Fsp3) is 0.677. The maximum atomic E-state index is 12.9. The van der Waals surface area contributed by atoms with E-state index in [9.17, 15) is 14.4 Å². The Balaban J connectivity index is 4.49. The average molecular weight is 986 g/mol. The Morgan fingerprint density at radius 3 is 0.915 bits per heavy atom. The van der Waals surface area contributed by atoms with E-state index < -0.39 is 6.10 Å². The summed E-state index contributed by atoms with van der Waals surface area (Å²) in [6.45, 7) is 6.42. The lowest BCUT2D eigenvalue weighted by Crippen LogP contribution is -2.30. The molecule has 404 valence electrons. The number of carbonyl (C=O) groups excluding carboxylic acids is 3. The molecule has 0 aliphatic heterocycles. The molecule has 6 nitrogen and oxygen atoms in total. The van der Waals surface area contributed by atoms with E-state index in [2.05, 4.69) is 130 Å². The number of carbonyl (C=O) groups is 3. The Kier molecular flexibility index (Phi) is 55.4. The molecule has 0 rings (SSSR count). The van der Waals surface area contributed by atoms with Crippen LogP contribution < -0.4 is 0 Å². The fourth-order valence-corrected chi connectivity index (χ4v) is 7.83. The highest BCUT2D eigenvalue weighted by Gasteiger charge is 2.19. The van der Waals surface area contributed by atoms with Gasteiger partial charge in [-0.15, -0.1) is 0 Å². The first-order valence-electron chi connectivity index (χ1n) is 29.4. The van der Waals surface area contributed by atoms with Crippen molar-refractivity contribution in [3.8, 4) is 0 Å². The molecule has 0 aromatic carbocycles. The van der Waals surface area contributed by atoms with Gasteiger partial charge in [0, 0.05) is 19.3 Å². The Morgan fingerprint density at radius 2 is 0.563 bits per heavy atom. The van der Waals surface area contributed by atoms with Crippen LogP contribution in [-0.2, 0) is 28.6 Å². The quantitative estimate of drug-likeness (QED) is 0.0261. The molecule has 0 bridgehead atoms. The first-order valence-corrected chi connectivity index (χ1v) is 29.4. The van der Waals surface area contributed by atoms with Crippen molar-refractivity contribution in [2.24, 2.45) is 0 Å². The molecule has 0 aliphatic carbocycles.